The van der Waals surface area contributed by atoms with Gasteiger partial charge < -0.3 is 4.74 Å². The molecule has 1 aromatic carbocycles. The predicted molar refractivity (Wildman–Crippen MR) is 69.8 cm³/mol. The van der Waals surface area contributed by atoms with Crippen LogP contribution in [-0.2, 0) is 14.8 Å². The van der Waals surface area contributed by atoms with Crippen molar-refractivity contribution in [3.63, 3.8) is 0 Å². The lowest BCUT2D eigenvalue weighted by atomic mass is 10.4. The molecule has 1 aromatic rings. The van der Waals surface area contributed by atoms with E-state index in [2.05, 4.69) is 0 Å². The third-order valence-electron chi connectivity index (χ3n) is 3.13. The topological polar surface area (TPSA) is 46.6 Å². The number of benzene rings is 1. The van der Waals surface area contributed by atoms with Gasteiger partial charge in [-0.3, -0.25) is 0 Å². The number of halogens is 1. The monoisotopic (exact) mass is 287 g/mol. The van der Waals surface area contributed by atoms with E-state index in [1.165, 1.54) is 38.1 Å². The van der Waals surface area contributed by atoms with Gasteiger partial charge in [0.1, 0.15) is 10.7 Å². The smallest absolute Gasteiger partial charge is 0.245 e. The summed E-state index contributed by atoms with van der Waals surface area (Å²) in [6.07, 6.45) is 2.40. The van der Waals surface area contributed by atoms with Gasteiger partial charge in [-0.2, -0.15) is 4.31 Å². The standard InChI is InChI=1S/C13H18FNO3S/c1-15(8-9-18-10-11-6-7-11)19(16,17)13-5-3-2-4-12(13)14/h2-5,11H,6-10H2,1H3. The highest BCUT2D eigenvalue weighted by Gasteiger charge is 2.24. The van der Waals surface area contributed by atoms with Gasteiger partial charge in [0, 0.05) is 20.2 Å². The molecular weight excluding hydrogens is 269 g/mol. The average Bonchev–Trinajstić information content (AvgIpc) is 3.18. The Hall–Kier alpha value is -0.980. The quantitative estimate of drug-likeness (QED) is 0.719. The Kier molecular flexibility index (Phi) is 4.54. The van der Waals surface area contributed by atoms with Gasteiger partial charge in [-0.05, 0) is 30.9 Å². The van der Waals surface area contributed by atoms with E-state index in [0.29, 0.717) is 19.1 Å². The fraction of sp³-hybridized carbons (Fsp3) is 0.538. The van der Waals surface area contributed by atoms with Crippen molar-refractivity contribution in [1.29, 1.82) is 0 Å². The predicted octanol–water partition coefficient (Wildman–Crippen LogP) is 1.87. The van der Waals surface area contributed by atoms with Crippen molar-refractivity contribution in [2.75, 3.05) is 26.8 Å². The molecule has 1 saturated carbocycles. The molecule has 2 rings (SSSR count). The van der Waals surface area contributed by atoms with Crippen LogP contribution in [-0.4, -0.2) is 39.5 Å². The normalized spacial score (nSPS) is 15.9. The van der Waals surface area contributed by atoms with E-state index in [0.717, 1.165) is 10.4 Å². The second-order valence-corrected chi connectivity index (χ2v) is 6.79. The first-order chi connectivity index (χ1) is 9.01. The second-order valence-electron chi connectivity index (χ2n) is 4.78. The SMILES string of the molecule is CN(CCOCC1CC1)S(=O)(=O)c1ccccc1F. The fourth-order valence-corrected chi connectivity index (χ4v) is 2.89. The van der Waals surface area contributed by atoms with Gasteiger partial charge in [-0.15, -0.1) is 0 Å². The van der Waals surface area contributed by atoms with E-state index in [4.69, 9.17) is 4.74 Å². The average molecular weight is 287 g/mol. The van der Waals surface area contributed by atoms with E-state index in [-0.39, 0.29) is 11.4 Å². The zero-order valence-electron chi connectivity index (χ0n) is 10.9. The zero-order valence-corrected chi connectivity index (χ0v) is 11.7. The van der Waals surface area contributed by atoms with Crippen molar-refractivity contribution >= 4 is 10.0 Å². The lowest BCUT2D eigenvalue weighted by Gasteiger charge is -2.17. The van der Waals surface area contributed by atoms with E-state index in [9.17, 15) is 12.8 Å². The number of likely N-dealkylation sites (N-methyl/N-ethyl adjacent to an activating group) is 1. The lowest BCUT2D eigenvalue weighted by Crippen LogP contribution is -2.31. The van der Waals surface area contributed by atoms with Crippen LogP contribution >= 0.6 is 0 Å². The van der Waals surface area contributed by atoms with Crippen LogP contribution in [0.1, 0.15) is 12.8 Å². The van der Waals surface area contributed by atoms with E-state index < -0.39 is 15.8 Å². The van der Waals surface area contributed by atoms with E-state index in [1.54, 1.807) is 0 Å². The summed E-state index contributed by atoms with van der Waals surface area (Å²) in [5.74, 6) is -0.0817. The van der Waals surface area contributed by atoms with E-state index >= 15 is 0 Å². The zero-order chi connectivity index (χ0) is 13.9. The van der Waals surface area contributed by atoms with Crippen molar-refractivity contribution < 1.29 is 17.5 Å². The van der Waals surface area contributed by atoms with Crippen molar-refractivity contribution in [3.05, 3.63) is 30.1 Å². The molecule has 0 aromatic heterocycles. The molecular formula is C13H18FNO3S. The summed E-state index contributed by atoms with van der Waals surface area (Å²) in [5, 5.41) is 0. The molecule has 1 aliphatic rings. The molecule has 4 nitrogen and oxygen atoms in total. The van der Waals surface area contributed by atoms with Gasteiger partial charge >= 0.3 is 0 Å². The van der Waals surface area contributed by atoms with Crippen molar-refractivity contribution in [2.45, 2.75) is 17.7 Å². The maximum atomic E-state index is 13.5. The number of nitrogens with zero attached hydrogens (tertiary/aromatic N) is 1. The van der Waals surface area contributed by atoms with Gasteiger partial charge in [-0.25, -0.2) is 12.8 Å². The van der Waals surface area contributed by atoms with Crippen molar-refractivity contribution in [1.82, 2.24) is 4.31 Å². The highest BCUT2D eigenvalue weighted by molar-refractivity contribution is 7.89. The van der Waals surface area contributed by atoms with Gasteiger partial charge in [-0.1, -0.05) is 12.1 Å². The third kappa shape index (κ3) is 3.75. The van der Waals surface area contributed by atoms with Crippen LogP contribution in [0.3, 0.4) is 0 Å². The van der Waals surface area contributed by atoms with Crippen molar-refractivity contribution in [3.8, 4) is 0 Å². The molecule has 0 aliphatic heterocycles. The highest BCUT2D eigenvalue weighted by Crippen LogP contribution is 2.28. The third-order valence-corrected chi connectivity index (χ3v) is 5.02. The Bertz CT molecular complexity index is 528. The van der Waals surface area contributed by atoms with Crippen LogP contribution in [0.15, 0.2) is 29.2 Å². The van der Waals surface area contributed by atoms with Gasteiger partial charge in [0.15, 0.2) is 0 Å². The lowest BCUT2D eigenvalue weighted by molar-refractivity contribution is 0.117. The first-order valence-electron chi connectivity index (χ1n) is 6.30. The second kappa shape index (κ2) is 5.98. The summed E-state index contributed by atoms with van der Waals surface area (Å²) < 4.78 is 44.3. The largest absolute Gasteiger partial charge is 0.380 e. The molecule has 0 radical (unpaired) electrons. The van der Waals surface area contributed by atoms with Crippen LogP contribution in [0.5, 0.6) is 0 Å². The first kappa shape index (κ1) is 14.4. The van der Waals surface area contributed by atoms with Crippen LogP contribution in [0.2, 0.25) is 0 Å². The van der Waals surface area contributed by atoms with Crippen LogP contribution in [0.25, 0.3) is 0 Å². The summed E-state index contributed by atoms with van der Waals surface area (Å²) in [5.41, 5.74) is 0. The molecule has 106 valence electrons. The maximum absolute atomic E-state index is 13.5. The minimum absolute atomic E-state index is 0.226. The molecule has 0 atom stereocenters. The Morgan fingerprint density at radius 1 is 1.37 bits per heavy atom. The molecule has 0 N–H and O–H groups in total. The summed E-state index contributed by atoms with van der Waals surface area (Å²) in [6, 6.07) is 5.39. The first-order valence-corrected chi connectivity index (χ1v) is 7.74. The van der Waals surface area contributed by atoms with Gasteiger partial charge in [0.05, 0.1) is 6.61 Å². The molecule has 0 amide bonds. The van der Waals surface area contributed by atoms with Crippen LogP contribution in [0.4, 0.5) is 4.39 Å². The number of sulfonamides is 1. The molecule has 0 saturated heterocycles. The summed E-state index contributed by atoms with van der Waals surface area (Å²) in [4.78, 5) is -0.292. The molecule has 0 bridgehead atoms. The van der Waals surface area contributed by atoms with Gasteiger partial charge in [0.2, 0.25) is 10.0 Å². The number of hydrogen-bond acceptors (Lipinski definition) is 3. The van der Waals surface area contributed by atoms with Crippen LogP contribution in [0, 0.1) is 11.7 Å². The molecule has 1 aliphatic carbocycles. The molecule has 1 fully saturated rings. The Morgan fingerprint density at radius 3 is 2.68 bits per heavy atom. The number of ether oxygens (including phenoxy) is 1. The highest BCUT2D eigenvalue weighted by atomic mass is 32.2. The number of rotatable bonds is 7. The Balaban J connectivity index is 1.92. The van der Waals surface area contributed by atoms with E-state index in [1.807, 2.05) is 0 Å². The van der Waals surface area contributed by atoms with Crippen molar-refractivity contribution in [2.24, 2.45) is 5.92 Å². The van der Waals surface area contributed by atoms with Crippen LogP contribution < -0.4 is 0 Å². The molecule has 19 heavy (non-hydrogen) atoms. The molecule has 0 heterocycles. The molecule has 0 spiro atoms. The minimum atomic E-state index is -3.78. The fourth-order valence-electron chi connectivity index (χ4n) is 1.67. The minimum Gasteiger partial charge on any atom is -0.380 e. The molecule has 6 heteroatoms. The summed E-state index contributed by atoms with van der Waals surface area (Å²) in [6.45, 7) is 1.25. The van der Waals surface area contributed by atoms with Gasteiger partial charge in [0.25, 0.3) is 0 Å². The number of hydrogen-bond donors (Lipinski definition) is 0. The Labute approximate surface area is 113 Å². The molecule has 0 unspecified atom stereocenters. The summed E-state index contributed by atoms with van der Waals surface area (Å²) >= 11 is 0. The maximum Gasteiger partial charge on any atom is 0.245 e. The Morgan fingerprint density at radius 2 is 2.05 bits per heavy atom. The summed E-state index contributed by atoms with van der Waals surface area (Å²) in [7, 11) is -2.34.